The minimum absolute atomic E-state index is 0.0185. The summed E-state index contributed by atoms with van der Waals surface area (Å²) in [5, 5.41) is 2.68. The minimum atomic E-state index is -0.0185. The molecule has 5 nitrogen and oxygen atoms in total. The third kappa shape index (κ3) is 3.44. The van der Waals surface area contributed by atoms with Crippen LogP contribution in [0.15, 0.2) is 0 Å². The Balaban J connectivity index is 2.33. The molecule has 15 heavy (non-hydrogen) atoms. The molecular formula is C10H22N4O. The van der Waals surface area contributed by atoms with Crippen molar-refractivity contribution in [1.82, 2.24) is 15.1 Å². The largest absolute Gasteiger partial charge is 0.358 e. The maximum Gasteiger partial charge on any atom is 0.236 e. The van der Waals surface area contributed by atoms with Crippen molar-refractivity contribution in [2.24, 2.45) is 5.73 Å². The molecule has 1 saturated heterocycles. The number of carbonyl (C=O) groups is 1. The molecular weight excluding hydrogens is 192 g/mol. The maximum atomic E-state index is 11.4. The van der Waals surface area contributed by atoms with Crippen molar-refractivity contribution in [3.05, 3.63) is 0 Å². The van der Waals surface area contributed by atoms with Gasteiger partial charge in [0.05, 0.1) is 6.04 Å². The summed E-state index contributed by atoms with van der Waals surface area (Å²) in [6, 6.07) is -0.0185. The molecule has 0 bridgehead atoms. The predicted octanol–water partition coefficient (Wildman–Crippen LogP) is -1.30. The van der Waals surface area contributed by atoms with E-state index < -0.39 is 0 Å². The number of rotatable bonds is 4. The topological polar surface area (TPSA) is 61.6 Å². The normalized spacial score (nSPS) is 21.3. The maximum absolute atomic E-state index is 11.4. The van der Waals surface area contributed by atoms with E-state index in [2.05, 4.69) is 15.1 Å². The van der Waals surface area contributed by atoms with Gasteiger partial charge in [-0.05, 0) is 6.92 Å². The van der Waals surface area contributed by atoms with Crippen LogP contribution in [0.25, 0.3) is 0 Å². The quantitative estimate of drug-likeness (QED) is 0.610. The molecule has 1 rings (SSSR count). The van der Waals surface area contributed by atoms with Crippen LogP contribution in [-0.2, 0) is 4.79 Å². The smallest absolute Gasteiger partial charge is 0.236 e. The molecule has 88 valence electrons. The number of piperazine rings is 1. The highest BCUT2D eigenvalue weighted by Crippen LogP contribution is 2.05. The van der Waals surface area contributed by atoms with Crippen molar-refractivity contribution < 1.29 is 4.79 Å². The molecule has 0 aromatic carbocycles. The first-order valence-electron chi connectivity index (χ1n) is 5.57. The Morgan fingerprint density at radius 3 is 2.47 bits per heavy atom. The molecule has 0 radical (unpaired) electrons. The van der Waals surface area contributed by atoms with Crippen LogP contribution in [0.5, 0.6) is 0 Å². The van der Waals surface area contributed by atoms with Gasteiger partial charge in [-0.25, -0.2) is 0 Å². The molecule has 1 heterocycles. The molecule has 1 aliphatic heterocycles. The average molecular weight is 214 g/mol. The van der Waals surface area contributed by atoms with Crippen molar-refractivity contribution >= 4 is 5.91 Å². The first kappa shape index (κ1) is 12.4. The van der Waals surface area contributed by atoms with Gasteiger partial charge in [-0.3, -0.25) is 14.6 Å². The van der Waals surface area contributed by atoms with Gasteiger partial charge in [-0.1, -0.05) is 0 Å². The van der Waals surface area contributed by atoms with Crippen LogP contribution in [-0.4, -0.2) is 68.1 Å². The van der Waals surface area contributed by atoms with E-state index in [9.17, 15) is 4.79 Å². The molecule has 1 amide bonds. The van der Waals surface area contributed by atoms with Crippen LogP contribution in [0, 0.1) is 0 Å². The van der Waals surface area contributed by atoms with Crippen molar-refractivity contribution in [2.45, 2.75) is 13.0 Å². The number of hydrogen-bond acceptors (Lipinski definition) is 4. The second kappa shape index (κ2) is 6.05. The van der Waals surface area contributed by atoms with Crippen molar-refractivity contribution in [1.29, 1.82) is 0 Å². The molecule has 0 saturated carbocycles. The molecule has 0 aliphatic carbocycles. The molecule has 0 spiro atoms. The first-order chi connectivity index (χ1) is 7.19. The van der Waals surface area contributed by atoms with Gasteiger partial charge in [0.1, 0.15) is 0 Å². The van der Waals surface area contributed by atoms with Gasteiger partial charge in [-0.15, -0.1) is 0 Å². The number of nitrogens with zero attached hydrogens (tertiary/aromatic N) is 2. The fraction of sp³-hybridized carbons (Fsp3) is 0.900. The van der Waals surface area contributed by atoms with Gasteiger partial charge in [0.15, 0.2) is 0 Å². The van der Waals surface area contributed by atoms with E-state index in [0.717, 1.165) is 32.7 Å². The van der Waals surface area contributed by atoms with Crippen LogP contribution in [0.4, 0.5) is 0 Å². The summed E-state index contributed by atoms with van der Waals surface area (Å²) in [5.41, 5.74) is 5.50. The van der Waals surface area contributed by atoms with Crippen molar-refractivity contribution in [3.63, 3.8) is 0 Å². The Bertz CT molecular complexity index is 202. The predicted molar refractivity (Wildman–Crippen MR) is 60.6 cm³/mol. The Morgan fingerprint density at radius 2 is 2.00 bits per heavy atom. The zero-order valence-corrected chi connectivity index (χ0v) is 9.70. The number of amides is 1. The average Bonchev–Trinajstić information content (AvgIpc) is 2.28. The molecule has 0 aromatic heterocycles. The summed E-state index contributed by atoms with van der Waals surface area (Å²) < 4.78 is 0. The van der Waals surface area contributed by atoms with E-state index in [0.29, 0.717) is 6.54 Å². The van der Waals surface area contributed by atoms with E-state index in [-0.39, 0.29) is 11.9 Å². The summed E-state index contributed by atoms with van der Waals surface area (Å²) in [4.78, 5) is 16.0. The van der Waals surface area contributed by atoms with Gasteiger partial charge in [0, 0.05) is 46.3 Å². The van der Waals surface area contributed by atoms with Crippen LogP contribution in [0.3, 0.4) is 0 Å². The highest BCUT2D eigenvalue weighted by atomic mass is 16.2. The number of hydrogen-bond donors (Lipinski definition) is 2. The first-order valence-corrected chi connectivity index (χ1v) is 5.57. The zero-order chi connectivity index (χ0) is 11.3. The lowest BCUT2D eigenvalue weighted by molar-refractivity contribution is -0.126. The highest BCUT2D eigenvalue weighted by molar-refractivity contribution is 5.80. The SMILES string of the molecule is CNC(=O)C(C)N1CCN(CCN)CC1. The van der Waals surface area contributed by atoms with Gasteiger partial charge in [0.25, 0.3) is 0 Å². The summed E-state index contributed by atoms with van der Waals surface area (Å²) >= 11 is 0. The third-order valence-corrected chi connectivity index (χ3v) is 3.03. The number of nitrogens with two attached hydrogens (primary N) is 1. The van der Waals surface area contributed by atoms with E-state index in [1.165, 1.54) is 0 Å². The Labute approximate surface area is 91.6 Å². The van der Waals surface area contributed by atoms with E-state index in [1.807, 2.05) is 6.92 Å². The van der Waals surface area contributed by atoms with E-state index in [1.54, 1.807) is 7.05 Å². The van der Waals surface area contributed by atoms with Crippen molar-refractivity contribution in [2.75, 3.05) is 46.3 Å². The fourth-order valence-corrected chi connectivity index (χ4v) is 1.93. The lowest BCUT2D eigenvalue weighted by Crippen LogP contribution is -2.54. The summed E-state index contributed by atoms with van der Waals surface area (Å²) in [6.07, 6.45) is 0. The molecule has 1 unspecified atom stereocenters. The van der Waals surface area contributed by atoms with Crippen LogP contribution in [0.1, 0.15) is 6.92 Å². The van der Waals surface area contributed by atoms with Gasteiger partial charge in [0.2, 0.25) is 5.91 Å². The zero-order valence-electron chi connectivity index (χ0n) is 9.70. The summed E-state index contributed by atoms with van der Waals surface area (Å²) in [5.74, 6) is 0.0993. The second-order valence-corrected chi connectivity index (χ2v) is 3.96. The Hall–Kier alpha value is -0.650. The summed E-state index contributed by atoms with van der Waals surface area (Å²) in [6.45, 7) is 7.56. The van der Waals surface area contributed by atoms with Crippen LogP contribution < -0.4 is 11.1 Å². The fourth-order valence-electron chi connectivity index (χ4n) is 1.93. The lowest BCUT2D eigenvalue weighted by Gasteiger charge is -2.37. The molecule has 5 heteroatoms. The molecule has 1 fully saturated rings. The van der Waals surface area contributed by atoms with Crippen LogP contribution >= 0.6 is 0 Å². The molecule has 0 aromatic rings. The monoisotopic (exact) mass is 214 g/mol. The summed E-state index contributed by atoms with van der Waals surface area (Å²) in [7, 11) is 1.68. The van der Waals surface area contributed by atoms with Crippen molar-refractivity contribution in [3.8, 4) is 0 Å². The van der Waals surface area contributed by atoms with E-state index >= 15 is 0 Å². The number of carbonyl (C=O) groups excluding carboxylic acids is 1. The Morgan fingerprint density at radius 1 is 1.40 bits per heavy atom. The second-order valence-electron chi connectivity index (χ2n) is 3.96. The standard InChI is InChI=1S/C10H22N4O/c1-9(10(15)12-2)14-7-5-13(4-3-11)6-8-14/h9H,3-8,11H2,1-2H3,(H,12,15). The Kier molecular flexibility index (Phi) is 5.01. The molecule has 1 aliphatic rings. The third-order valence-electron chi connectivity index (χ3n) is 3.03. The number of nitrogens with one attached hydrogen (secondary N) is 1. The van der Waals surface area contributed by atoms with Gasteiger partial charge >= 0.3 is 0 Å². The lowest BCUT2D eigenvalue weighted by atomic mass is 10.2. The number of likely N-dealkylation sites (N-methyl/N-ethyl adjacent to an activating group) is 1. The van der Waals surface area contributed by atoms with Crippen LogP contribution in [0.2, 0.25) is 0 Å². The molecule has 3 N–H and O–H groups in total. The minimum Gasteiger partial charge on any atom is -0.358 e. The van der Waals surface area contributed by atoms with Gasteiger partial charge < -0.3 is 11.1 Å². The highest BCUT2D eigenvalue weighted by Gasteiger charge is 2.24. The molecule has 1 atom stereocenters. The van der Waals surface area contributed by atoms with E-state index in [4.69, 9.17) is 5.73 Å². The van der Waals surface area contributed by atoms with Gasteiger partial charge in [-0.2, -0.15) is 0 Å².